The van der Waals surface area contributed by atoms with Crippen LogP contribution in [0.25, 0.3) is 11.1 Å². The first-order valence-corrected chi connectivity index (χ1v) is 9.19. The number of methoxy groups -OCH3 is 1. The number of ether oxygens (including phenoxy) is 3. The highest BCUT2D eigenvalue weighted by Gasteiger charge is 2.44. The lowest BCUT2D eigenvalue weighted by atomic mass is 9.99. The highest BCUT2D eigenvalue weighted by Crippen LogP contribution is 2.33. The minimum Gasteiger partial charge on any atom is -0.465 e. The second kappa shape index (κ2) is 9.08. The summed E-state index contributed by atoms with van der Waals surface area (Å²) >= 11 is 6.19. The van der Waals surface area contributed by atoms with E-state index in [0.29, 0.717) is 11.1 Å². The van der Waals surface area contributed by atoms with Crippen LogP contribution in [-0.2, 0) is 9.47 Å². The summed E-state index contributed by atoms with van der Waals surface area (Å²) in [4.78, 5) is 11.6. The van der Waals surface area contributed by atoms with Gasteiger partial charge in [0, 0.05) is 0 Å². The molecule has 0 aromatic heterocycles. The molecule has 29 heavy (non-hydrogen) atoms. The van der Waals surface area contributed by atoms with Crippen molar-refractivity contribution in [3.05, 3.63) is 53.1 Å². The minimum atomic E-state index is -1.56. The summed E-state index contributed by atoms with van der Waals surface area (Å²) < 4.78 is 15.7. The monoisotopic (exact) mass is 424 g/mol. The first-order chi connectivity index (χ1) is 13.8. The van der Waals surface area contributed by atoms with Gasteiger partial charge in [-0.2, -0.15) is 0 Å². The molecule has 1 aliphatic heterocycles. The Hall–Kier alpha value is -2.20. The molecule has 0 spiro atoms. The van der Waals surface area contributed by atoms with E-state index < -0.39 is 43.3 Å². The summed E-state index contributed by atoms with van der Waals surface area (Å²) in [6, 6.07) is 11.6. The van der Waals surface area contributed by atoms with Crippen LogP contribution in [0, 0.1) is 0 Å². The van der Waals surface area contributed by atoms with Gasteiger partial charge in [0.25, 0.3) is 0 Å². The topological polar surface area (TPSA) is 126 Å². The van der Waals surface area contributed by atoms with E-state index in [9.17, 15) is 25.2 Å². The van der Waals surface area contributed by atoms with Crippen molar-refractivity contribution in [2.45, 2.75) is 30.7 Å². The van der Waals surface area contributed by atoms with E-state index in [1.165, 1.54) is 7.11 Å². The van der Waals surface area contributed by atoms with Gasteiger partial charge in [-0.3, -0.25) is 0 Å². The lowest BCUT2D eigenvalue weighted by Gasteiger charge is -2.39. The van der Waals surface area contributed by atoms with Gasteiger partial charge >= 0.3 is 5.97 Å². The maximum absolute atomic E-state index is 11.6. The summed E-state index contributed by atoms with van der Waals surface area (Å²) in [5.74, 6) is -0.273. The molecule has 8 nitrogen and oxygen atoms in total. The summed E-state index contributed by atoms with van der Waals surface area (Å²) in [5, 5.41) is 39.4. The van der Waals surface area contributed by atoms with Gasteiger partial charge in [-0.05, 0) is 35.4 Å². The third-order valence-electron chi connectivity index (χ3n) is 4.66. The third kappa shape index (κ3) is 4.53. The Morgan fingerprint density at radius 3 is 2.31 bits per heavy atom. The van der Waals surface area contributed by atoms with Gasteiger partial charge in [0.15, 0.2) is 0 Å². The van der Waals surface area contributed by atoms with E-state index in [2.05, 4.69) is 4.74 Å². The van der Waals surface area contributed by atoms with Gasteiger partial charge in [0.2, 0.25) is 6.29 Å². The lowest BCUT2D eigenvalue weighted by molar-refractivity contribution is -0.277. The molecule has 0 radical (unpaired) electrons. The number of aliphatic hydroxyl groups is 4. The average molecular weight is 425 g/mol. The zero-order valence-electron chi connectivity index (χ0n) is 15.4. The van der Waals surface area contributed by atoms with Crippen LogP contribution in [-0.4, -0.2) is 70.8 Å². The highest BCUT2D eigenvalue weighted by molar-refractivity contribution is 6.32. The van der Waals surface area contributed by atoms with Crippen molar-refractivity contribution in [2.24, 2.45) is 0 Å². The van der Waals surface area contributed by atoms with Crippen LogP contribution < -0.4 is 4.74 Å². The molecule has 2 aromatic rings. The average Bonchev–Trinajstić information content (AvgIpc) is 2.75. The molecule has 156 valence electrons. The van der Waals surface area contributed by atoms with Crippen molar-refractivity contribution in [2.75, 3.05) is 13.7 Å². The van der Waals surface area contributed by atoms with Crippen LogP contribution in [0.3, 0.4) is 0 Å². The van der Waals surface area contributed by atoms with Crippen LogP contribution in [0.4, 0.5) is 0 Å². The predicted molar refractivity (Wildman–Crippen MR) is 103 cm³/mol. The van der Waals surface area contributed by atoms with Crippen LogP contribution in [0.15, 0.2) is 42.5 Å². The molecular formula is C20H21ClO8. The number of benzene rings is 2. The Balaban J connectivity index is 1.83. The van der Waals surface area contributed by atoms with Crippen LogP contribution >= 0.6 is 11.6 Å². The van der Waals surface area contributed by atoms with Crippen molar-refractivity contribution in [3.8, 4) is 16.9 Å². The number of hydrogen-bond donors (Lipinski definition) is 4. The Bertz CT molecular complexity index is 854. The van der Waals surface area contributed by atoms with Crippen LogP contribution in [0.2, 0.25) is 5.02 Å². The third-order valence-corrected chi connectivity index (χ3v) is 4.97. The molecule has 0 aliphatic carbocycles. The maximum Gasteiger partial charge on any atom is 0.337 e. The van der Waals surface area contributed by atoms with Crippen LogP contribution in [0.5, 0.6) is 5.75 Å². The van der Waals surface area contributed by atoms with E-state index in [1.54, 1.807) is 42.5 Å². The molecule has 3 rings (SSSR count). The molecule has 2 aromatic carbocycles. The normalized spacial score (nSPS) is 26.8. The molecule has 3 unspecified atom stereocenters. The SMILES string of the molecule is COC(=O)c1ccc(-c2ccc(Cl)c(O[C@H]3OC(CO)[C@@H](O)C(O)C3O)c2)cc1. The maximum atomic E-state index is 11.6. The minimum absolute atomic E-state index is 0.172. The van der Waals surface area contributed by atoms with E-state index >= 15 is 0 Å². The molecule has 1 fully saturated rings. The number of esters is 1. The molecule has 4 N–H and O–H groups in total. The molecule has 0 bridgehead atoms. The Morgan fingerprint density at radius 2 is 1.69 bits per heavy atom. The van der Waals surface area contributed by atoms with Gasteiger partial charge in [0.1, 0.15) is 30.2 Å². The van der Waals surface area contributed by atoms with Crippen molar-refractivity contribution in [3.63, 3.8) is 0 Å². The predicted octanol–water partition coefficient (Wildman–Crippen LogP) is 0.972. The Kier molecular flexibility index (Phi) is 6.74. The van der Waals surface area contributed by atoms with Gasteiger partial charge < -0.3 is 34.6 Å². The summed E-state index contributed by atoms with van der Waals surface area (Å²) in [6.45, 7) is -0.564. The van der Waals surface area contributed by atoms with Crippen molar-refractivity contribution < 1.29 is 39.4 Å². The fourth-order valence-corrected chi connectivity index (χ4v) is 3.14. The molecule has 1 aliphatic rings. The fraction of sp³-hybridized carbons (Fsp3) is 0.350. The summed E-state index contributed by atoms with van der Waals surface area (Å²) in [7, 11) is 1.30. The van der Waals surface area contributed by atoms with Crippen LogP contribution in [0.1, 0.15) is 10.4 Å². The fourth-order valence-electron chi connectivity index (χ4n) is 2.98. The summed E-state index contributed by atoms with van der Waals surface area (Å²) in [6.07, 6.45) is -7.03. The Morgan fingerprint density at radius 1 is 1.03 bits per heavy atom. The smallest absolute Gasteiger partial charge is 0.337 e. The Labute approximate surface area is 171 Å². The first kappa shape index (κ1) is 21.5. The number of hydrogen-bond acceptors (Lipinski definition) is 8. The zero-order chi connectivity index (χ0) is 21.1. The van der Waals surface area contributed by atoms with Crippen molar-refractivity contribution >= 4 is 17.6 Å². The number of carbonyl (C=O) groups is 1. The molecule has 0 amide bonds. The van der Waals surface area contributed by atoms with E-state index in [1.807, 2.05) is 0 Å². The standard InChI is InChI=1S/C20H21ClO8/c1-27-19(26)11-4-2-10(3-5-11)12-6-7-13(21)14(8-12)28-20-18(25)17(24)16(23)15(9-22)29-20/h2-8,15-18,20,22-25H,9H2,1H3/t15?,16-,17?,18?,20+/m1/s1. The first-order valence-electron chi connectivity index (χ1n) is 8.81. The molecule has 1 heterocycles. The second-order valence-electron chi connectivity index (χ2n) is 6.53. The summed E-state index contributed by atoms with van der Waals surface area (Å²) in [5.41, 5.74) is 1.89. The molecule has 1 saturated heterocycles. The van der Waals surface area contributed by atoms with Crippen molar-refractivity contribution in [1.29, 1.82) is 0 Å². The second-order valence-corrected chi connectivity index (χ2v) is 6.94. The number of halogens is 1. The zero-order valence-corrected chi connectivity index (χ0v) is 16.2. The van der Waals surface area contributed by atoms with E-state index in [0.717, 1.165) is 5.56 Å². The van der Waals surface area contributed by atoms with Gasteiger partial charge in [0.05, 0.1) is 24.3 Å². The van der Waals surface area contributed by atoms with E-state index in [-0.39, 0.29) is 10.8 Å². The molecule has 5 atom stereocenters. The quantitative estimate of drug-likeness (QED) is 0.523. The lowest BCUT2D eigenvalue weighted by Crippen LogP contribution is -2.60. The van der Waals surface area contributed by atoms with Crippen molar-refractivity contribution in [1.82, 2.24) is 0 Å². The van der Waals surface area contributed by atoms with E-state index in [4.69, 9.17) is 21.1 Å². The van der Waals surface area contributed by atoms with Gasteiger partial charge in [-0.1, -0.05) is 29.8 Å². The molecule has 9 heteroatoms. The number of aliphatic hydroxyl groups excluding tert-OH is 4. The van der Waals surface area contributed by atoms with Gasteiger partial charge in [-0.25, -0.2) is 4.79 Å². The molecular weight excluding hydrogens is 404 g/mol. The number of rotatable bonds is 5. The largest absolute Gasteiger partial charge is 0.465 e. The van der Waals surface area contributed by atoms with Gasteiger partial charge in [-0.15, -0.1) is 0 Å². The highest BCUT2D eigenvalue weighted by atomic mass is 35.5. The molecule has 0 saturated carbocycles. The number of carbonyl (C=O) groups excluding carboxylic acids is 1.